The molecule has 1 fully saturated rings. The lowest BCUT2D eigenvalue weighted by atomic mass is 9.81. The zero-order valence-corrected chi connectivity index (χ0v) is 17.0. The first kappa shape index (κ1) is 20.5. The van der Waals surface area contributed by atoms with Crippen molar-refractivity contribution in [2.75, 3.05) is 0 Å². The van der Waals surface area contributed by atoms with E-state index in [1.54, 1.807) is 19.3 Å². The Balaban J connectivity index is 1.67. The number of aromatic nitrogens is 4. The molecule has 2 heterocycles. The van der Waals surface area contributed by atoms with Gasteiger partial charge in [0, 0.05) is 32.1 Å². The van der Waals surface area contributed by atoms with Crippen LogP contribution in [0.3, 0.4) is 0 Å². The lowest BCUT2D eigenvalue weighted by Crippen LogP contribution is -2.38. The number of nitrogens with zero attached hydrogens (tertiary/aromatic N) is 3. The molecule has 2 aromatic heterocycles. The zero-order chi connectivity index (χ0) is 21.5. The fraction of sp³-hybridized carbons (Fsp3) is 0.476. The summed E-state index contributed by atoms with van der Waals surface area (Å²) in [5.41, 5.74) is 8.89. The van der Waals surface area contributed by atoms with Crippen LogP contribution in [0.2, 0.25) is 0 Å². The smallest absolute Gasteiger partial charge is 0.270 e. The SMILES string of the molecule is C[C@@H](N)c1ccc2nc([C@@H](NC(=O)c3ccnn3C)C3CCC(F)(F)CC3)[nH]c2c1. The van der Waals surface area contributed by atoms with Gasteiger partial charge in [0.15, 0.2) is 0 Å². The molecule has 3 aromatic rings. The lowest BCUT2D eigenvalue weighted by Gasteiger charge is -2.33. The molecule has 7 nitrogen and oxygen atoms in total. The molecule has 4 rings (SSSR count). The zero-order valence-electron chi connectivity index (χ0n) is 17.0. The fourth-order valence-electron chi connectivity index (χ4n) is 4.09. The van der Waals surface area contributed by atoms with Crippen molar-refractivity contribution in [1.82, 2.24) is 25.1 Å². The van der Waals surface area contributed by atoms with Crippen LogP contribution in [0.1, 0.15) is 66.6 Å². The van der Waals surface area contributed by atoms with Crippen LogP contribution in [0.4, 0.5) is 8.78 Å². The van der Waals surface area contributed by atoms with E-state index in [1.165, 1.54) is 4.68 Å². The minimum atomic E-state index is -2.65. The van der Waals surface area contributed by atoms with Gasteiger partial charge < -0.3 is 16.0 Å². The van der Waals surface area contributed by atoms with E-state index in [1.807, 2.05) is 25.1 Å². The number of hydrogen-bond acceptors (Lipinski definition) is 4. The molecule has 0 spiro atoms. The molecular weight excluding hydrogens is 390 g/mol. The van der Waals surface area contributed by atoms with Gasteiger partial charge >= 0.3 is 0 Å². The normalized spacial score (nSPS) is 19.0. The molecule has 0 saturated heterocycles. The number of carbonyl (C=O) groups excluding carboxylic acids is 1. The van der Waals surface area contributed by atoms with Gasteiger partial charge in [0.2, 0.25) is 5.92 Å². The molecule has 1 aromatic carbocycles. The second-order valence-corrected chi connectivity index (χ2v) is 8.17. The summed E-state index contributed by atoms with van der Waals surface area (Å²) in [5.74, 6) is -2.53. The summed E-state index contributed by atoms with van der Waals surface area (Å²) in [6.07, 6.45) is 1.79. The van der Waals surface area contributed by atoms with E-state index in [0.29, 0.717) is 24.4 Å². The van der Waals surface area contributed by atoms with Crippen LogP contribution < -0.4 is 11.1 Å². The molecule has 4 N–H and O–H groups in total. The predicted molar refractivity (Wildman–Crippen MR) is 109 cm³/mol. The highest BCUT2D eigenvalue weighted by molar-refractivity contribution is 5.92. The van der Waals surface area contributed by atoms with Crippen molar-refractivity contribution >= 4 is 16.9 Å². The Morgan fingerprint density at radius 2 is 2.07 bits per heavy atom. The van der Waals surface area contributed by atoms with Crippen molar-refractivity contribution < 1.29 is 13.6 Å². The number of imidazole rings is 1. The molecule has 30 heavy (non-hydrogen) atoms. The summed E-state index contributed by atoms with van der Waals surface area (Å²) in [6, 6.07) is 6.72. The Morgan fingerprint density at radius 1 is 1.33 bits per heavy atom. The van der Waals surface area contributed by atoms with Gasteiger partial charge in [0.25, 0.3) is 5.91 Å². The molecule has 9 heteroatoms. The van der Waals surface area contributed by atoms with Gasteiger partial charge in [-0.2, -0.15) is 5.10 Å². The predicted octanol–water partition coefficient (Wildman–Crippen LogP) is 3.61. The summed E-state index contributed by atoms with van der Waals surface area (Å²) in [6.45, 7) is 1.90. The van der Waals surface area contributed by atoms with E-state index in [0.717, 1.165) is 16.6 Å². The number of rotatable bonds is 5. The number of carbonyl (C=O) groups is 1. The molecule has 1 saturated carbocycles. The highest BCUT2D eigenvalue weighted by Gasteiger charge is 2.39. The van der Waals surface area contributed by atoms with Crippen molar-refractivity contribution in [2.24, 2.45) is 18.7 Å². The molecule has 1 aliphatic rings. The van der Waals surface area contributed by atoms with Gasteiger partial charge in [-0.3, -0.25) is 9.48 Å². The Hall–Kier alpha value is -2.81. The summed E-state index contributed by atoms with van der Waals surface area (Å²) < 4.78 is 29.0. The minimum absolute atomic E-state index is 0.123. The third kappa shape index (κ3) is 4.07. The molecule has 0 radical (unpaired) electrons. The van der Waals surface area contributed by atoms with Crippen LogP contribution >= 0.6 is 0 Å². The van der Waals surface area contributed by atoms with Crippen molar-refractivity contribution in [3.8, 4) is 0 Å². The number of H-pyrrole nitrogens is 1. The molecular formula is C21H26F2N6O. The molecule has 0 bridgehead atoms. The topological polar surface area (TPSA) is 102 Å². The number of benzene rings is 1. The van der Waals surface area contributed by atoms with Crippen LogP contribution in [0.15, 0.2) is 30.5 Å². The standard InChI is InChI=1S/C21H26F2N6O/c1-12(24)14-3-4-15-16(11-14)27-19(26-15)18(13-5-8-21(22,23)9-6-13)28-20(30)17-7-10-25-29(17)2/h3-4,7,10-13,18H,5-6,8-9,24H2,1-2H3,(H,26,27)(H,28,30)/t12-,18+/m1/s1. The Labute approximate surface area is 173 Å². The quantitative estimate of drug-likeness (QED) is 0.591. The first-order chi connectivity index (χ1) is 14.2. The third-order valence-corrected chi connectivity index (χ3v) is 5.92. The molecule has 160 valence electrons. The Morgan fingerprint density at radius 3 is 2.70 bits per heavy atom. The second-order valence-electron chi connectivity index (χ2n) is 8.17. The molecule has 0 unspecified atom stereocenters. The maximum Gasteiger partial charge on any atom is 0.270 e. The first-order valence-electron chi connectivity index (χ1n) is 10.2. The number of nitrogens with one attached hydrogen (secondary N) is 2. The van der Waals surface area contributed by atoms with Crippen LogP contribution in [0, 0.1) is 5.92 Å². The highest BCUT2D eigenvalue weighted by atomic mass is 19.3. The maximum absolute atomic E-state index is 13.7. The van der Waals surface area contributed by atoms with Gasteiger partial charge in [-0.1, -0.05) is 6.07 Å². The lowest BCUT2D eigenvalue weighted by molar-refractivity contribution is -0.0496. The van der Waals surface area contributed by atoms with Gasteiger partial charge in [0.05, 0.1) is 17.1 Å². The minimum Gasteiger partial charge on any atom is -0.340 e. The number of fused-ring (bicyclic) bond motifs is 1. The number of nitrogens with two attached hydrogens (primary N) is 1. The van der Waals surface area contributed by atoms with Crippen LogP contribution in [0.5, 0.6) is 0 Å². The number of alkyl halides is 2. The van der Waals surface area contributed by atoms with E-state index >= 15 is 0 Å². The number of halogens is 2. The van der Waals surface area contributed by atoms with Crippen molar-refractivity contribution in [3.05, 3.63) is 47.5 Å². The largest absolute Gasteiger partial charge is 0.340 e. The average Bonchev–Trinajstić information content (AvgIpc) is 3.31. The summed E-state index contributed by atoms with van der Waals surface area (Å²) in [7, 11) is 1.68. The summed E-state index contributed by atoms with van der Waals surface area (Å²) in [4.78, 5) is 20.8. The molecule has 1 aliphatic carbocycles. The maximum atomic E-state index is 13.7. The van der Waals surface area contributed by atoms with Crippen molar-refractivity contribution in [1.29, 1.82) is 0 Å². The van der Waals surface area contributed by atoms with E-state index in [-0.39, 0.29) is 30.7 Å². The Bertz CT molecular complexity index is 1050. The van der Waals surface area contributed by atoms with Crippen LogP contribution in [0.25, 0.3) is 11.0 Å². The van der Waals surface area contributed by atoms with Crippen molar-refractivity contribution in [3.63, 3.8) is 0 Å². The fourth-order valence-corrected chi connectivity index (χ4v) is 4.09. The summed E-state index contributed by atoms with van der Waals surface area (Å²) >= 11 is 0. The third-order valence-electron chi connectivity index (χ3n) is 5.92. The average molecular weight is 416 g/mol. The van der Waals surface area contributed by atoms with Crippen molar-refractivity contribution in [2.45, 2.75) is 50.6 Å². The number of hydrogen-bond donors (Lipinski definition) is 3. The van der Waals surface area contributed by atoms with E-state index in [9.17, 15) is 13.6 Å². The monoisotopic (exact) mass is 416 g/mol. The summed E-state index contributed by atoms with van der Waals surface area (Å²) in [5, 5.41) is 7.04. The van der Waals surface area contributed by atoms with Crippen LogP contribution in [-0.4, -0.2) is 31.6 Å². The van der Waals surface area contributed by atoms with E-state index < -0.39 is 12.0 Å². The molecule has 1 amide bonds. The second kappa shape index (κ2) is 7.79. The van der Waals surface area contributed by atoms with E-state index in [2.05, 4.69) is 20.4 Å². The van der Waals surface area contributed by atoms with E-state index in [4.69, 9.17) is 5.73 Å². The first-order valence-corrected chi connectivity index (χ1v) is 10.2. The van der Waals surface area contributed by atoms with Gasteiger partial charge in [0.1, 0.15) is 11.5 Å². The Kier molecular flexibility index (Phi) is 5.31. The highest BCUT2D eigenvalue weighted by Crippen LogP contribution is 2.41. The molecule has 2 atom stereocenters. The number of amides is 1. The number of aromatic amines is 1. The number of aryl methyl sites for hydroxylation is 1. The van der Waals surface area contributed by atoms with Crippen LogP contribution in [-0.2, 0) is 7.05 Å². The van der Waals surface area contributed by atoms with Gasteiger partial charge in [-0.15, -0.1) is 0 Å². The molecule has 0 aliphatic heterocycles. The van der Waals surface area contributed by atoms with Gasteiger partial charge in [-0.05, 0) is 49.4 Å². The van der Waals surface area contributed by atoms with Gasteiger partial charge in [-0.25, -0.2) is 13.8 Å².